The molecule has 5 atom stereocenters. The van der Waals surface area contributed by atoms with Crippen molar-refractivity contribution in [2.75, 3.05) is 31.6 Å². The van der Waals surface area contributed by atoms with Gasteiger partial charge in [0.15, 0.2) is 0 Å². The maximum Gasteiger partial charge on any atom is 0.243 e. The van der Waals surface area contributed by atoms with Gasteiger partial charge in [0.05, 0.1) is 35.4 Å². The Morgan fingerprint density at radius 1 is 1.20 bits per heavy atom. The number of anilines is 1. The number of hydrogen-bond acceptors (Lipinski definition) is 8. The van der Waals surface area contributed by atoms with Crippen molar-refractivity contribution in [2.24, 2.45) is 11.8 Å². The predicted molar refractivity (Wildman–Crippen MR) is 129 cm³/mol. The number of ether oxygens (including phenoxy) is 1. The molecule has 3 unspecified atom stereocenters. The normalized spacial score (nSPS) is 33.6. The fraction of sp³-hybridized carbons (Fsp3) is 0.667. The van der Waals surface area contributed by atoms with E-state index in [4.69, 9.17) is 4.74 Å². The van der Waals surface area contributed by atoms with Crippen molar-refractivity contribution in [3.05, 3.63) is 24.3 Å². The summed E-state index contributed by atoms with van der Waals surface area (Å²) in [5.41, 5.74) is 3.78. The van der Waals surface area contributed by atoms with Crippen LogP contribution in [0.4, 0.5) is 5.69 Å². The summed E-state index contributed by atoms with van der Waals surface area (Å²) < 4.78 is 33.7. The lowest BCUT2D eigenvalue weighted by atomic mass is 9.88. The monoisotopic (exact) mass is 502 g/mol. The number of hydrazine groups is 1. The van der Waals surface area contributed by atoms with Gasteiger partial charge in [-0.15, -0.1) is 0 Å². The van der Waals surface area contributed by atoms with Gasteiger partial charge in [-0.3, -0.25) is 4.79 Å². The molecule has 1 amide bonds. The van der Waals surface area contributed by atoms with Crippen molar-refractivity contribution in [3.8, 4) is 6.07 Å². The Morgan fingerprint density at radius 3 is 2.66 bits per heavy atom. The van der Waals surface area contributed by atoms with Gasteiger partial charge in [-0.1, -0.05) is 0 Å². The number of piperidine rings is 1. The third-order valence-corrected chi connectivity index (χ3v) is 10.0. The number of nitriles is 1. The van der Waals surface area contributed by atoms with Gasteiger partial charge in [0.2, 0.25) is 15.9 Å². The van der Waals surface area contributed by atoms with Gasteiger partial charge in [-0.2, -0.15) is 9.57 Å². The molecule has 35 heavy (non-hydrogen) atoms. The number of rotatable bonds is 5. The quantitative estimate of drug-likeness (QED) is 0.549. The van der Waals surface area contributed by atoms with E-state index in [-0.39, 0.29) is 46.4 Å². The van der Waals surface area contributed by atoms with Crippen LogP contribution in [-0.2, 0) is 19.6 Å². The Labute approximate surface area is 207 Å². The number of nitrogens with one attached hydrogen (secondary N) is 3. The minimum atomic E-state index is -3.58. The Morgan fingerprint density at radius 2 is 1.97 bits per heavy atom. The molecule has 0 saturated carbocycles. The molecular weight excluding hydrogens is 468 g/mol. The fourth-order valence-corrected chi connectivity index (χ4v) is 7.85. The fourth-order valence-electron chi connectivity index (χ4n) is 6.01. The Hall–Kier alpha value is -2.23. The van der Waals surface area contributed by atoms with Crippen molar-refractivity contribution in [1.82, 2.24) is 20.1 Å². The van der Waals surface area contributed by atoms with Crippen molar-refractivity contribution >= 4 is 21.6 Å². The summed E-state index contributed by atoms with van der Waals surface area (Å²) >= 11 is 0. The first kappa shape index (κ1) is 24.5. The number of nitrogens with zero attached hydrogens (tertiary/aromatic N) is 3. The average Bonchev–Trinajstić information content (AvgIpc) is 3.40. The van der Waals surface area contributed by atoms with Crippen LogP contribution in [0.15, 0.2) is 29.2 Å². The molecule has 4 aliphatic heterocycles. The van der Waals surface area contributed by atoms with Crippen LogP contribution < -0.4 is 16.1 Å². The van der Waals surface area contributed by atoms with Crippen molar-refractivity contribution < 1.29 is 17.9 Å². The summed E-state index contributed by atoms with van der Waals surface area (Å²) in [4.78, 5) is 13.1. The van der Waals surface area contributed by atoms with E-state index in [0.717, 1.165) is 24.9 Å². The van der Waals surface area contributed by atoms with Crippen LogP contribution in [0.1, 0.15) is 39.5 Å². The summed E-state index contributed by atoms with van der Waals surface area (Å²) in [5, 5.41) is 18.1. The zero-order chi connectivity index (χ0) is 24.8. The minimum absolute atomic E-state index is 0.0329. The molecule has 10 nitrogen and oxygen atoms in total. The number of hydrogen-bond donors (Lipinski definition) is 3. The molecule has 0 spiro atoms. The van der Waals surface area contributed by atoms with Crippen molar-refractivity contribution in [1.29, 1.82) is 5.26 Å². The topological polar surface area (TPSA) is 127 Å². The molecule has 4 aliphatic rings. The molecular formula is C24H34N6O4S. The molecule has 0 aliphatic carbocycles. The highest BCUT2D eigenvalue weighted by Crippen LogP contribution is 2.36. The highest BCUT2D eigenvalue weighted by molar-refractivity contribution is 7.89. The standard InChI is InChI=1S/C24H34N6O4S/c1-24(2)10-3-12-29(24)35(32,33)18-6-4-17(5-7-18)27-22-21-19(8-11-26-23(21)31)30(28-22)20-15-34-13-9-16(20)14-25/h4-7,16,19-22,27-28H,3,8-13,15H2,1-2H3,(H,26,31)/t16-,19?,20+,21?,22?/m1/s1. The first-order valence-electron chi connectivity index (χ1n) is 12.4. The maximum atomic E-state index is 13.2. The molecule has 0 radical (unpaired) electrons. The van der Waals surface area contributed by atoms with Crippen molar-refractivity contribution in [3.63, 3.8) is 0 Å². The average molecular weight is 503 g/mol. The zero-order valence-electron chi connectivity index (χ0n) is 20.2. The summed E-state index contributed by atoms with van der Waals surface area (Å²) in [6.45, 7) is 6.07. The van der Waals surface area contributed by atoms with Gasteiger partial charge in [-0.05, 0) is 63.8 Å². The van der Waals surface area contributed by atoms with Crippen LogP contribution in [0, 0.1) is 23.2 Å². The molecule has 1 aromatic carbocycles. The number of amides is 1. The van der Waals surface area contributed by atoms with Crippen LogP contribution in [0.2, 0.25) is 0 Å². The van der Waals surface area contributed by atoms with E-state index in [1.54, 1.807) is 28.6 Å². The molecule has 0 bridgehead atoms. The summed E-state index contributed by atoms with van der Waals surface area (Å²) in [6.07, 6.45) is 2.77. The first-order valence-corrected chi connectivity index (χ1v) is 13.9. The second kappa shape index (κ2) is 9.33. The maximum absolute atomic E-state index is 13.2. The molecule has 0 aromatic heterocycles. The lowest BCUT2D eigenvalue weighted by Crippen LogP contribution is -2.56. The van der Waals surface area contributed by atoms with E-state index >= 15 is 0 Å². The van der Waals surface area contributed by atoms with Crippen LogP contribution >= 0.6 is 0 Å². The molecule has 4 fully saturated rings. The number of carbonyl (C=O) groups is 1. The largest absolute Gasteiger partial charge is 0.380 e. The van der Waals surface area contributed by atoms with E-state index < -0.39 is 10.0 Å². The molecule has 5 rings (SSSR count). The SMILES string of the molecule is CC1(C)CCCN1S(=O)(=O)c1ccc(NC2NN([C@H]3COCC[C@@H]3C#N)C3CCNC(=O)C23)cc1. The predicted octanol–water partition coefficient (Wildman–Crippen LogP) is 1.24. The minimum Gasteiger partial charge on any atom is -0.380 e. The Bertz CT molecular complexity index is 1100. The van der Waals surface area contributed by atoms with Crippen LogP contribution in [0.25, 0.3) is 0 Å². The number of fused-ring (bicyclic) bond motifs is 1. The molecule has 3 N–H and O–H groups in total. The van der Waals surface area contributed by atoms with E-state index in [2.05, 4.69) is 27.1 Å². The van der Waals surface area contributed by atoms with Gasteiger partial charge in [0.1, 0.15) is 6.17 Å². The summed E-state index contributed by atoms with van der Waals surface area (Å²) in [5.74, 6) is -0.548. The molecule has 4 heterocycles. The second-order valence-corrected chi connectivity index (χ2v) is 12.4. The third kappa shape index (κ3) is 4.42. The van der Waals surface area contributed by atoms with E-state index in [9.17, 15) is 18.5 Å². The van der Waals surface area contributed by atoms with E-state index in [0.29, 0.717) is 32.7 Å². The van der Waals surface area contributed by atoms with Gasteiger partial charge in [0, 0.05) is 37.0 Å². The molecule has 4 saturated heterocycles. The Kier molecular flexibility index (Phi) is 6.52. The smallest absolute Gasteiger partial charge is 0.243 e. The van der Waals surface area contributed by atoms with Crippen LogP contribution in [-0.4, -0.2) is 73.7 Å². The highest BCUT2D eigenvalue weighted by atomic mass is 32.2. The third-order valence-electron chi connectivity index (χ3n) is 7.90. The van der Waals surface area contributed by atoms with E-state index in [1.165, 1.54) is 0 Å². The second-order valence-electron chi connectivity index (χ2n) is 10.5. The van der Waals surface area contributed by atoms with Crippen molar-refractivity contribution in [2.45, 2.75) is 68.2 Å². The number of carbonyl (C=O) groups excluding carboxylic acids is 1. The highest BCUT2D eigenvalue weighted by Gasteiger charge is 2.51. The Balaban J connectivity index is 1.34. The lowest BCUT2D eigenvalue weighted by molar-refractivity contribution is -0.128. The van der Waals surface area contributed by atoms with Gasteiger partial charge in [-0.25, -0.2) is 18.9 Å². The zero-order valence-corrected chi connectivity index (χ0v) is 21.1. The summed E-state index contributed by atoms with van der Waals surface area (Å²) in [6, 6.07) is 8.97. The van der Waals surface area contributed by atoms with E-state index in [1.807, 2.05) is 13.8 Å². The first-order chi connectivity index (χ1) is 16.7. The molecule has 11 heteroatoms. The van der Waals surface area contributed by atoms with Gasteiger partial charge < -0.3 is 15.4 Å². The van der Waals surface area contributed by atoms with Crippen LogP contribution in [0.5, 0.6) is 0 Å². The van der Waals surface area contributed by atoms with Crippen LogP contribution in [0.3, 0.4) is 0 Å². The van der Waals surface area contributed by atoms with Gasteiger partial charge >= 0.3 is 0 Å². The number of benzene rings is 1. The number of sulfonamides is 1. The molecule has 190 valence electrons. The van der Waals surface area contributed by atoms with Gasteiger partial charge in [0.25, 0.3) is 0 Å². The molecule has 1 aromatic rings. The lowest BCUT2D eigenvalue weighted by Gasteiger charge is -2.39. The summed E-state index contributed by atoms with van der Waals surface area (Å²) in [7, 11) is -3.58.